The first-order chi connectivity index (χ1) is 12.4. The predicted octanol–water partition coefficient (Wildman–Crippen LogP) is 4.71. The van der Waals surface area contributed by atoms with Gasteiger partial charge in [0.2, 0.25) is 0 Å². The van der Waals surface area contributed by atoms with Gasteiger partial charge in [-0.3, -0.25) is 14.7 Å². The highest BCUT2D eigenvalue weighted by Gasteiger charge is 2.46. The molecule has 0 saturated heterocycles. The zero-order valence-electron chi connectivity index (χ0n) is 15.9. The molecule has 0 aromatic heterocycles. The van der Waals surface area contributed by atoms with Gasteiger partial charge in [0.25, 0.3) is 5.91 Å². The summed E-state index contributed by atoms with van der Waals surface area (Å²) in [4.78, 5) is 15.5. The molecular formula is C21H26ClN3O. The molecule has 2 heterocycles. The number of halogens is 1. The highest BCUT2D eigenvalue weighted by atomic mass is 35.5. The van der Waals surface area contributed by atoms with Gasteiger partial charge in [-0.2, -0.15) is 5.10 Å². The number of amidine groups is 1. The van der Waals surface area contributed by atoms with Crippen LogP contribution in [0, 0.1) is 12.8 Å². The number of hydrogen-bond donors (Lipinski definition) is 0. The number of benzene rings is 1. The molecule has 0 N–H and O–H groups in total. The summed E-state index contributed by atoms with van der Waals surface area (Å²) in [6.45, 7) is 8.59. The first-order valence-electron chi connectivity index (χ1n) is 9.63. The van der Waals surface area contributed by atoms with E-state index in [-0.39, 0.29) is 18.0 Å². The molecule has 1 aromatic carbocycles. The molecule has 5 heteroatoms. The van der Waals surface area contributed by atoms with Crippen LogP contribution < -0.4 is 0 Å². The van der Waals surface area contributed by atoms with Crippen LogP contribution in [0.5, 0.6) is 0 Å². The molecule has 0 radical (unpaired) electrons. The van der Waals surface area contributed by atoms with E-state index in [4.69, 9.17) is 16.7 Å². The molecule has 2 unspecified atom stereocenters. The molecule has 1 fully saturated rings. The van der Waals surface area contributed by atoms with Crippen molar-refractivity contribution in [2.45, 2.75) is 65.5 Å². The smallest absolute Gasteiger partial charge is 0.277 e. The lowest BCUT2D eigenvalue weighted by atomic mass is 9.94. The van der Waals surface area contributed by atoms with Gasteiger partial charge in [-0.1, -0.05) is 25.4 Å². The first kappa shape index (κ1) is 17.6. The van der Waals surface area contributed by atoms with Gasteiger partial charge in [0, 0.05) is 16.6 Å². The van der Waals surface area contributed by atoms with Crippen LogP contribution in [-0.4, -0.2) is 33.7 Å². The number of nitrogens with zero attached hydrogens (tertiary/aromatic N) is 3. The van der Waals surface area contributed by atoms with Crippen LogP contribution >= 0.6 is 11.6 Å². The number of rotatable bonds is 4. The molecular weight excluding hydrogens is 346 g/mol. The van der Waals surface area contributed by atoms with Crippen molar-refractivity contribution < 1.29 is 4.79 Å². The third-order valence-electron chi connectivity index (χ3n) is 5.87. The second kappa shape index (κ2) is 6.41. The Hall–Kier alpha value is -1.81. The van der Waals surface area contributed by atoms with E-state index in [2.05, 4.69) is 20.8 Å². The van der Waals surface area contributed by atoms with Gasteiger partial charge in [0.1, 0.15) is 5.70 Å². The highest BCUT2D eigenvalue weighted by Crippen LogP contribution is 2.41. The lowest BCUT2D eigenvalue weighted by molar-refractivity contribution is -0.126. The Kier molecular flexibility index (Phi) is 4.34. The SMILES string of the molecule is CCC(C)C1=C2C(=O)N(C3CC3)C(c3ccc(Cl)cc3C)=NN2C(C)C1. The van der Waals surface area contributed by atoms with Gasteiger partial charge < -0.3 is 0 Å². The summed E-state index contributed by atoms with van der Waals surface area (Å²) in [6, 6.07) is 6.32. The van der Waals surface area contributed by atoms with E-state index in [9.17, 15) is 4.79 Å². The zero-order chi connectivity index (χ0) is 18.6. The van der Waals surface area contributed by atoms with E-state index in [1.165, 1.54) is 5.57 Å². The second-order valence-electron chi connectivity index (χ2n) is 7.87. The number of fused-ring (bicyclic) bond motifs is 1. The van der Waals surface area contributed by atoms with E-state index in [0.29, 0.717) is 10.9 Å². The summed E-state index contributed by atoms with van der Waals surface area (Å²) in [5.74, 6) is 1.33. The lowest BCUT2D eigenvalue weighted by Crippen LogP contribution is -2.48. The fraction of sp³-hybridized carbons (Fsp3) is 0.524. The normalized spacial score (nSPS) is 24.1. The first-order valence-corrected chi connectivity index (χ1v) is 10.0. The Labute approximate surface area is 160 Å². The quantitative estimate of drug-likeness (QED) is 0.768. The molecule has 3 aliphatic rings. The summed E-state index contributed by atoms with van der Waals surface area (Å²) in [6.07, 6.45) is 4.08. The third-order valence-corrected chi connectivity index (χ3v) is 6.10. The van der Waals surface area contributed by atoms with E-state index in [1.54, 1.807) is 0 Å². The zero-order valence-corrected chi connectivity index (χ0v) is 16.7. The van der Waals surface area contributed by atoms with Crippen molar-refractivity contribution in [1.82, 2.24) is 9.91 Å². The van der Waals surface area contributed by atoms with Crippen molar-refractivity contribution in [3.8, 4) is 0 Å². The molecule has 26 heavy (non-hydrogen) atoms. The van der Waals surface area contributed by atoms with Crippen LogP contribution in [0.1, 0.15) is 57.6 Å². The largest absolute Gasteiger partial charge is 0.286 e. The maximum Gasteiger partial charge on any atom is 0.277 e. The van der Waals surface area contributed by atoms with E-state index < -0.39 is 0 Å². The van der Waals surface area contributed by atoms with Crippen LogP contribution in [0.2, 0.25) is 5.02 Å². The maximum absolute atomic E-state index is 13.5. The number of carbonyl (C=O) groups excluding carboxylic acids is 1. The summed E-state index contributed by atoms with van der Waals surface area (Å²) < 4.78 is 0. The lowest BCUT2D eigenvalue weighted by Gasteiger charge is -2.35. The molecule has 1 saturated carbocycles. The van der Waals surface area contributed by atoms with Crippen molar-refractivity contribution in [2.24, 2.45) is 11.0 Å². The Morgan fingerprint density at radius 1 is 1.35 bits per heavy atom. The minimum atomic E-state index is 0.131. The number of aryl methyl sites for hydroxylation is 1. The van der Waals surface area contributed by atoms with Crippen LogP contribution in [0.25, 0.3) is 0 Å². The summed E-state index contributed by atoms with van der Waals surface area (Å²) in [7, 11) is 0. The van der Waals surface area contributed by atoms with Crippen molar-refractivity contribution in [3.63, 3.8) is 0 Å². The van der Waals surface area contributed by atoms with E-state index in [0.717, 1.165) is 48.3 Å². The number of carbonyl (C=O) groups is 1. The van der Waals surface area contributed by atoms with Gasteiger partial charge in [-0.05, 0) is 74.8 Å². The Morgan fingerprint density at radius 2 is 2.08 bits per heavy atom. The molecule has 1 amide bonds. The fourth-order valence-electron chi connectivity index (χ4n) is 4.03. The van der Waals surface area contributed by atoms with Gasteiger partial charge in [0.15, 0.2) is 5.84 Å². The van der Waals surface area contributed by atoms with Gasteiger partial charge >= 0.3 is 0 Å². The molecule has 4 rings (SSSR count). The Balaban J connectivity index is 1.86. The fourth-order valence-corrected chi connectivity index (χ4v) is 4.25. The third kappa shape index (κ3) is 2.75. The van der Waals surface area contributed by atoms with Crippen LogP contribution in [0.4, 0.5) is 0 Å². The molecule has 4 nitrogen and oxygen atoms in total. The molecule has 2 atom stereocenters. The Morgan fingerprint density at radius 3 is 2.69 bits per heavy atom. The summed E-state index contributed by atoms with van der Waals surface area (Å²) >= 11 is 6.14. The van der Waals surface area contributed by atoms with Gasteiger partial charge in [-0.25, -0.2) is 0 Å². The molecule has 1 aromatic rings. The topological polar surface area (TPSA) is 35.9 Å². The minimum Gasteiger partial charge on any atom is -0.286 e. The van der Waals surface area contributed by atoms with E-state index in [1.807, 2.05) is 35.0 Å². The standard InChI is InChI=1S/C21H26ClN3O/c1-5-12(2)18-11-14(4)25-19(18)21(26)24(16-7-8-16)20(23-25)17-9-6-15(22)10-13(17)3/h6,9-10,12,14,16H,5,7-8,11H2,1-4H3. The Bertz CT molecular complexity index is 825. The average Bonchev–Trinajstić information content (AvgIpc) is 3.38. The second-order valence-corrected chi connectivity index (χ2v) is 8.31. The molecule has 0 bridgehead atoms. The summed E-state index contributed by atoms with van der Waals surface area (Å²) in [5, 5.41) is 7.69. The van der Waals surface area contributed by atoms with Crippen LogP contribution in [0.3, 0.4) is 0 Å². The van der Waals surface area contributed by atoms with Crippen molar-refractivity contribution >= 4 is 23.3 Å². The number of amides is 1. The van der Waals surface area contributed by atoms with Gasteiger partial charge in [0.05, 0.1) is 6.04 Å². The van der Waals surface area contributed by atoms with Crippen molar-refractivity contribution in [1.29, 1.82) is 0 Å². The number of hydrogen-bond acceptors (Lipinski definition) is 3. The molecule has 138 valence electrons. The van der Waals surface area contributed by atoms with Crippen molar-refractivity contribution in [2.75, 3.05) is 0 Å². The number of hydrazone groups is 1. The molecule has 1 aliphatic carbocycles. The highest BCUT2D eigenvalue weighted by molar-refractivity contribution is 6.30. The van der Waals surface area contributed by atoms with E-state index >= 15 is 0 Å². The van der Waals surface area contributed by atoms with Crippen LogP contribution in [-0.2, 0) is 4.79 Å². The maximum atomic E-state index is 13.5. The monoisotopic (exact) mass is 371 g/mol. The minimum absolute atomic E-state index is 0.131. The van der Waals surface area contributed by atoms with Crippen LogP contribution in [0.15, 0.2) is 34.6 Å². The van der Waals surface area contributed by atoms with Crippen molar-refractivity contribution in [3.05, 3.63) is 45.6 Å². The molecule has 2 aliphatic heterocycles. The predicted molar refractivity (Wildman–Crippen MR) is 105 cm³/mol. The molecule has 0 spiro atoms. The summed E-state index contributed by atoms with van der Waals surface area (Å²) in [5.41, 5.74) is 4.15. The average molecular weight is 372 g/mol. The van der Waals surface area contributed by atoms with Gasteiger partial charge in [-0.15, -0.1) is 0 Å².